The topological polar surface area (TPSA) is 94.9 Å². The summed E-state index contributed by atoms with van der Waals surface area (Å²) in [6.07, 6.45) is 1.73. The Morgan fingerprint density at radius 3 is 2.55 bits per heavy atom. The SMILES string of the molecule is CC(C)c1cc(C(=O)Cc2cnc(C(C)(C)C)nc2N)no1. The second-order valence-electron chi connectivity index (χ2n) is 6.72. The maximum absolute atomic E-state index is 12.3. The lowest BCUT2D eigenvalue weighted by Crippen LogP contribution is -2.18. The summed E-state index contributed by atoms with van der Waals surface area (Å²) in [4.78, 5) is 20.8. The van der Waals surface area contributed by atoms with Gasteiger partial charge in [-0.2, -0.15) is 0 Å². The van der Waals surface area contributed by atoms with E-state index in [1.165, 1.54) is 0 Å². The molecule has 0 saturated heterocycles. The molecule has 2 rings (SSSR count). The van der Waals surface area contributed by atoms with Crippen molar-refractivity contribution in [2.24, 2.45) is 0 Å². The molecule has 22 heavy (non-hydrogen) atoms. The van der Waals surface area contributed by atoms with Crippen LogP contribution in [0.4, 0.5) is 5.82 Å². The Morgan fingerprint density at radius 2 is 2.05 bits per heavy atom. The van der Waals surface area contributed by atoms with Crippen molar-refractivity contribution in [1.29, 1.82) is 0 Å². The molecule has 0 unspecified atom stereocenters. The predicted molar refractivity (Wildman–Crippen MR) is 83.8 cm³/mol. The highest BCUT2D eigenvalue weighted by atomic mass is 16.5. The van der Waals surface area contributed by atoms with Crippen LogP contribution in [0.2, 0.25) is 0 Å². The van der Waals surface area contributed by atoms with Gasteiger partial charge in [0, 0.05) is 35.6 Å². The highest BCUT2D eigenvalue weighted by molar-refractivity contribution is 5.96. The summed E-state index contributed by atoms with van der Waals surface area (Å²) in [5, 5.41) is 3.81. The van der Waals surface area contributed by atoms with Crippen molar-refractivity contribution < 1.29 is 9.32 Å². The highest BCUT2D eigenvalue weighted by Crippen LogP contribution is 2.21. The van der Waals surface area contributed by atoms with E-state index in [0.717, 1.165) is 0 Å². The fourth-order valence-corrected chi connectivity index (χ4v) is 1.87. The number of carbonyl (C=O) groups excluding carboxylic acids is 1. The molecule has 0 atom stereocenters. The number of hydrogen-bond acceptors (Lipinski definition) is 6. The molecule has 6 heteroatoms. The van der Waals surface area contributed by atoms with Crippen molar-refractivity contribution in [3.63, 3.8) is 0 Å². The van der Waals surface area contributed by atoms with Gasteiger partial charge in [0.05, 0.1) is 0 Å². The van der Waals surface area contributed by atoms with Crippen LogP contribution in [0.1, 0.15) is 68.2 Å². The van der Waals surface area contributed by atoms with Crippen molar-refractivity contribution >= 4 is 11.6 Å². The zero-order chi connectivity index (χ0) is 16.5. The third-order valence-electron chi connectivity index (χ3n) is 3.30. The maximum atomic E-state index is 12.3. The first-order valence-electron chi connectivity index (χ1n) is 7.30. The molecular formula is C16H22N4O2. The van der Waals surface area contributed by atoms with E-state index < -0.39 is 0 Å². The van der Waals surface area contributed by atoms with E-state index >= 15 is 0 Å². The average molecular weight is 302 g/mol. The van der Waals surface area contributed by atoms with Gasteiger partial charge in [0.25, 0.3) is 0 Å². The molecule has 0 aliphatic rings. The second kappa shape index (κ2) is 5.87. The number of anilines is 1. The smallest absolute Gasteiger partial charge is 0.189 e. The third kappa shape index (κ3) is 3.50. The van der Waals surface area contributed by atoms with E-state index in [-0.39, 0.29) is 23.5 Å². The first kappa shape index (κ1) is 16.1. The van der Waals surface area contributed by atoms with Crippen LogP contribution in [0.3, 0.4) is 0 Å². The Balaban J connectivity index is 2.18. The van der Waals surface area contributed by atoms with Gasteiger partial charge in [-0.15, -0.1) is 0 Å². The standard InChI is InChI=1S/C16H22N4O2/c1-9(2)13-7-11(20-22-13)12(21)6-10-8-18-15(16(3,4)5)19-14(10)17/h7-9H,6H2,1-5H3,(H2,17,18,19). The zero-order valence-corrected chi connectivity index (χ0v) is 13.7. The lowest BCUT2D eigenvalue weighted by molar-refractivity contribution is 0.0984. The largest absolute Gasteiger partial charge is 0.383 e. The Morgan fingerprint density at radius 1 is 1.36 bits per heavy atom. The Labute approximate surface area is 130 Å². The molecule has 2 aromatic heterocycles. The normalized spacial score (nSPS) is 11.9. The number of hydrogen-bond donors (Lipinski definition) is 1. The van der Waals surface area contributed by atoms with Gasteiger partial charge in [-0.05, 0) is 0 Å². The molecule has 0 aliphatic heterocycles. The van der Waals surface area contributed by atoms with Crippen LogP contribution in [-0.4, -0.2) is 20.9 Å². The van der Waals surface area contributed by atoms with Crippen molar-refractivity contribution in [2.45, 2.75) is 52.4 Å². The minimum atomic E-state index is -0.186. The van der Waals surface area contributed by atoms with E-state index in [0.29, 0.717) is 28.7 Å². The van der Waals surface area contributed by atoms with Crippen LogP contribution >= 0.6 is 0 Å². The van der Waals surface area contributed by atoms with Crippen LogP contribution in [-0.2, 0) is 11.8 Å². The lowest BCUT2D eigenvalue weighted by atomic mass is 9.95. The molecule has 0 bridgehead atoms. The van der Waals surface area contributed by atoms with Crippen molar-refractivity contribution in [3.05, 3.63) is 35.1 Å². The number of nitrogen functional groups attached to an aromatic ring is 1. The first-order chi connectivity index (χ1) is 10.2. The molecule has 0 amide bonds. The van der Waals surface area contributed by atoms with Gasteiger partial charge in [0.1, 0.15) is 23.1 Å². The molecule has 0 saturated carbocycles. The monoisotopic (exact) mass is 302 g/mol. The fourth-order valence-electron chi connectivity index (χ4n) is 1.87. The maximum Gasteiger partial charge on any atom is 0.189 e. The molecule has 6 nitrogen and oxygen atoms in total. The summed E-state index contributed by atoms with van der Waals surface area (Å²) >= 11 is 0. The van der Waals surface area contributed by atoms with Crippen LogP contribution in [0.25, 0.3) is 0 Å². The van der Waals surface area contributed by atoms with Gasteiger partial charge < -0.3 is 10.3 Å². The Hall–Kier alpha value is -2.24. The third-order valence-corrected chi connectivity index (χ3v) is 3.30. The van der Waals surface area contributed by atoms with Gasteiger partial charge in [-0.1, -0.05) is 39.8 Å². The number of aromatic nitrogens is 3. The van der Waals surface area contributed by atoms with Crippen molar-refractivity contribution in [2.75, 3.05) is 5.73 Å². The second-order valence-corrected chi connectivity index (χ2v) is 6.72. The van der Waals surface area contributed by atoms with Gasteiger partial charge in [0.2, 0.25) is 0 Å². The molecule has 2 N–H and O–H groups in total. The van der Waals surface area contributed by atoms with Crippen molar-refractivity contribution in [3.8, 4) is 0 Å². The molecule has 0 aromatic carbocycles. The van der Waals surface area contributed by atoms with E-state index in [9.17, 15) is 4.79 Å². The Bertz CT molecular complexity index is 684. The van der Waals surface area contributed by atoms with Gasteiger partial charge in [-0.25, -0.2) is 9.97 Å². The summed E-state index contributed by atoms with van der Waals surface area (Å²) < 4.78 is 5.15. The van der Waals surface area contributed by atoms with Crippen LogP contribution in [0, 0.1) is 0 Å². The minimum Gasteiger partial charge on any atom is -0.383 e. The fraction of sp³-hybridized carbons (Fsp3) is 0.500. The van der Waals surface area contributed by atoms with Gasteiger partial charge in [-0.3, -0.25) is 4.79 Å². The highest BCUT2D eigenvalue weighted by Gasteiger charge is 2.20. The average Bonchev–Trinajstić information content (AvgIpc) is 2.89. The minimum absolute atomic E-state index is 0.111. The van der Waals surface area contributed by atoms with E-state index in [1.54, 1.807) is 12.3 Å². The summed E-state index contributed by atoms with van der Waals surface area (Å²) in [6, 6.07) is 1.67. The summed E-state index contributed by atoms with van der Waals surface area (Å²) in [6.45, 7) is 9.98. The van der Waals surface area contributed by atoms with Crippen LogP contribution in [0.15, 0.2) is 16.8 Å². The quantitative estimate of drug-likeness (QED) is 0.872. The molecule has 0 spiro atoms. The molecule has 2 heterocycles. The van der Waals surface area contributed by atoms with E-state index in [2.05, 4.69) is 15.1 Å². The molecule has 0 fully saturated rings. The number of nitrogens with two attached hydrogens (primary N) is 1. The summed E-state index contributed by atoms with van der Waals surface area (Å²) in [7, 11) is 0. The lowest BCUT2D eigenvalue weighted by Gasteiger charge is -2.17. The molecule has 118 valence electrons. The Kier molecular flexibility index (Phi) is 4.30. The zero-order valence-electron chi connectivity index (χ0n) is 13.7. The number of ketones is 1. The predicted octanol–water partition coefficient (Wildman–Crippen LogP) is 2.89. The number of nitrogens with zero attached hydrogens (tertiary/aromatic N) is 3. The number of rotatable bonds is 4. The van der Waals surface area contributed by atoms with Crippen LogP contribution in [0.5, 0.6) is 0 Å². The summed E-state index contributed by atoms with van der Waals surface area (Å²) in [5.41, 5.74) is 6.68. The van der Waals surface area contributed by atoms with Crippen molar-refractivity contribution in [1.82, 2.24) is 15.1 Å². The van der Waals surface area contributed by atoms with E-state index in [4.69, 9.17) is 10.3 Å². The van der Waals surface area contributed by atoms with E-state index in [1.807, 2.05) is 34.6 Å². The first-order valence-corrected chi connectivity index (χ1v) is 7.30. The molecular weight excluding hydrogens is 280 g/mol. The molecule has 0 radical (unpaired) electrons. The van der Waals surface area contributed by atoms with Gasteiger partial charge in [0.15, 0.2) is 5.78 Å². The number of Topliss-reactive ketones (excluding diaryl/α,β-unsaturated/α-hetero) is 1. The molecule has 0 aliphatic carbocycles. The van der Waals surface area contributed by atoms with Crippen LogP contribution < -0.4 is 5.73 Å². The number of carbonyl (C=O) groups is 1. The summed E-state index contributed by atoms with van der Waals surface area (Å²) in [5.74, 6) is 1.71. The molecule has 2 aromatic rings. The van der Waals surface area contributed by atoms with Gasteiger partial charge >= 0.3 is 0 Å².